The molecule has 6 aliphatic rings. The lowest BCUT2D eigenvalue weighted by Gasteiger charge is -2.39. The molecule has 8 bridgehead atoms. The predicted octanol–water partition coefficient (Wildman–Crippen LogP) is 2.98. The van der Waals surface area contributed by atoms with Gasteiger partial charge in [0.1, 0.15) is 103 Å². The lowest BCUT2D eigenvalue weighted by atomic mass is 9.99. The first-order chi connectivity index (χ1) is 53.0. The SMILES string of the molecule is OCC1OC(Oc2c(F)c(F)c(-c3c4nc(c(-c5c(F)c(F)c(OC6OC(CO)C(O)C(O)C6O)c(F)c5F)c5ccc([nH]5)c(-c5c(F)c(F)c(SC6OC(CO)C(O)C(O)C6O)c(F)c5F)c5nc(c(-c6c(F)c(F)c(OC7OC(CO)C(O)C(O)C7O)c(F)c6F)c6ccc3[nH]6)C=C5)C=C4)c(F)c2F)C(O)C(O)C1O. The van der Waals surface area contributed by atoms with Gasteiger partial charge < -0.3 is 125 Å². The Kier molecular flexibility index (Phi) is 22.7. The predicted molar refractivity (Wildman–Crippen MR) is 343 cm³/mol. The lowest BCUT2D eigenvalue weighted by molar-refractivity contribution is -0.278. The van der Waals surface area contributed by atoms with Crippen molar-refractivity contribution >= 4 is 58.1 Å². The molecule has 7 aromatic rings. The zero-order chi connectivity index (χ0) is 81.3. The van der Waals surface area contributed by atoms with Crippen LogP contribution >= 0.6 is 11.8 Å². The van der Waals surface area contributed by atoms with Gasteiger partial charge in [-0.1, -0.05) is 11.8 Å². The van der Waals surface area contributed by atoms with E-state index in [9.17, 15) is 81.7 Å². The monoisotopic (exact) mass is 1630 g/mol. The maximum atomic E-state index is 17.5. The molecule has 3 aromatic heterocycles. The molecule has 20 unspecified atom stereocenters. The highest BCUT2D eigenvalue weighted by atomic mass is 32.2. The zero-order valence-electron chi connectivity index (χ0n) is 55.4. The van der Waals surface area contributed by atoms with Crippen molar-refractivity contribution in [3.05, 3.63) is 140 Å². The molecule has 4 saturated heterocycles. The number of nitrogens with one attached hydrogen (secondary N) is 2. The van der Waals surface area contributed by atoms with E-state index >= 15 is 70.2 Å². The third-order valence-electron chi connectivity index (χ3n) is 19.0. The van der Waals surface area contributed by atoms with Gasteiger partial charge in [0.25, 0.3) is 0 Å². The highest BCUT2D eigenvalue weighted by molar-refractivity contribution is 7.99. The van der Waals surface area contributed by atoms with Crippen LogP contribution < -0.4 is 14.2 Å². The van der Waals surface area contributed by atoms with Crippen LogP contribution in [0.2, 0.25) is 0 Å². The molecule has 112 heavy (non-hydrogen) atoms. The van der Waals surface area contributed by atoms with Crippen LogP contribution in [-0.4, -0.2) is 250 Å². The summed E-state index contributed by atoms with van der Waals surface area (Å²) in [6.45, 7) is -4.79. The van der Waals surface area contributed by atoms with Crippen molar-refractivity contribution in [3.63, 3.8) is 0 Å². The van der Waals surface area contributed by atoms with Gasteiger partial charge in [-0.15, -0.1) is 0 Å². The number of ether oxygens (including phenoxy) is 7. The number of aromatic amines is 2. The number of rotatable bonds is 16. The minimum absolute atomic E-state index is 0.390. The molecule has 0 amide bonds. The fourth-order valence-corrected chi connectivity index (χ4v) is 14.2. The lowest BCUT2D eigenvalue weighted by Crippen LogP contribution is -2.60. The van der Waals surface area contributed by atoms with Crippen molar-refractivity contribution in [1.82, 2.24) is 19.9 Å². The van der Waals surface area contributed by atoms with E-state index in [1.807, 2.05) is 0 Å². The van der Waals surface area contributed by atoms with Gasteiger partial charge in [0.2, 0.25) is 53.8 Å². The van der Waals surface area contributed by atoms with Crippen molar-refractivity contribution < 1.29 is 185 Å². The molecule has 20 atom stereocenters. The highest BCUT2D eigenvalue weighted by Crippen LogP contribution is 2.49. The Morgan fingerprint density at radius 2 is 0.509 bits per heavy atom. The second kappa shape index (κ2) is 31.3. The van der Waals surface area contributed by atoms with Crippen LogP contribution in [0.4, 0.5) is 70.2 Å². The summed E-state index contributed by atoms with van der Waals surface area (Å²) in [5.41, 5.74) is -24.9. The molecule has 13 rings (SSSR count). The molecule has 6 aliphatic heterocycles. The van der Waals surface area contributed by atoms with Gasteiger partial charge in [-0.05, 0) is 48.6 Å². The Balaban J connectivity index is 1.13. The molecule has 27 nitrogen and oxygen atoms in total. The van der Waals surface area contributed by atoms with E-state index < -0.39 is 365 Å². The normalized spacial score (nSPS) is 28.7. The van der Waals surface area contributed by atoms with E-state index in [1.165, 1.54) is 0 Å². The topological polar surface area (TPSA) is 446 Å². The van der Waals surface area contributed by atoms with Crippen LogP contribution in [0.15, 0.2) is 29.2 Å². The molecule has 4 aromatic carbocycles. The second-order valence-electron chi connectivity index (χ2n) is 25.6. The van der Waals surface area contributed by atoms with Crippen molar-refractivity contribution in [2.45, 2.75) is 127 Å². The first-order valence-corrected chi connectivity index (χ1v) is 33.4. The van der Waals surface area contributed by atoms with Gasteiger partial charge in [-0.3, -0.25) is 0 Å². The number of H-pyrrole nitrogens is 2. The van der Waals surface area contributed by atoms with Crippen LogP contribution in [0.5, 0.6) is 17.2 Å². The Hall–Kier alpha value is -8.69. The van der Waals surface area contributed by atoms with Gasteiger partial charge in [-0.25, -0.2) is 53.9 Å². The molecule has 4 fully saturated rings. The third kappa shape index (κ3) is 13.4. The van der Waals surface area contributed by atoms with Crippen LogP contribution in [0.3, 0.4) is 0 Å². The molecular weight excluding hydrogens is 1580 g/mol. The molecule has 602 valence electrons. The second-order valence-corrected chi connectivity index (χ2v) is 26.7. The van der Waals surface area contributed by atoms with Crippen LogP contribution in [0.25, 0.3) is 90.9 Å². The number of thioether (sulfide) groups is 1. The summed E-state index contributed by atoms with van der Waals surface area (Å²) in [6.07, 6.45) is -41.3. The summed E-state index contributed by atoms with van der Waals surface area (Å²) in [5.74, 6) is -47.8. The van der Waals surface area contributed by atoms with E-state index in [2.05, 4.69) is 19.9 Å². The number of aromatic nitrogens is 4. The summed E-state index contributed by atoms with van der Waals surface area (Å²) < 4.78 is 311. The van der Waals surface area contributed by atoms with Gasteiger partial charge in [0.15, 0.2) is 75.4 Å². The van der Waals surface area contributed by atoms with Gasteiger partial charge >= 0.3 is 0 Å². The van der Waals surface area contributed by atoms with Gasteiger partial charge in [0.05, 0.1) is 76.4 Å². The average Bonchev–Trinajstić information content (AvgIpc) is 1.48. The third-order valence-corrected chi connectivity index (χ3v) is 20.2. The van der Waals surface area contributed by atoms with E-state index in [0.29, 0.717) is 48.6 Å². The molecule has 0 spiro atoms. The maximum Gasteiger partial charge on any atom is 0.229 e. The number of nitrogens with zero attached hydrogens (tertiary/aromatic N) is 2. The van der Waals surface area contributed by atoms with Crippen molar-refractivity contribution in [2.24, 2.45) is 0 Å². The minimum atomic E-state index is -2.62. The number of halogens is 16. The van der Waals surface area contributed by atoms with Gasteiger partial charge in [-0.2, -0.15) is 26.3 Å². The molecule has 44 heteroatoms. The first-order valence-electron chi connectivity index (χ1n) is 32.5. The van der Waals surface area contributed by atoms with Crippen LogP contribution in [0, 0.1) is 93.1 Å². The summed E-state index contributed by atoms with van der Waals surface area (Å²) >= 11 is -0.390. The van der Waals surface area contributed by atoms with Crippen LogP contribution in [0.1, 0.15) is 22.8 Å². The fourth-order valence-electron chi connectivity index (χ4n) is 13.1. The fraction of sp³-hybridized carbons (Fsp3) is 0.353. The number of hydrogen-bond donors (Lipinski definition) is 18. The van der Waals surface area contributed by atoms with E-state index in [-0.39, 0.29) is 0 Å². The largest absolute Gasteiger partial charge is 0.456 e. The minimum Gasteiger partial charge on any atom is -0.456 e. The molecule has 0 aliphatic carbocycles. The average molecular weight is 1630 g/mol. The number of benzene rings is 4. The van der Waals surface area contributed by atoms with Crippen molar-refractivity contribution in [3.8, 4) is 61.8 Å². The van der Waals surface area contributed by atoms with Crippen LogP contribution in [-0.2, 0) is 18.9 Å². The van der Waals surface area contributed by atoms with E-state index in [1.54, 1.807) is 0 Å². The molecule has 18 N–H and O–H groups in total. The quantitative estimate of drug-likeness (QED) is 0.0488. The smallest absolute Gasteiger partial charge is 0.229 e. The maximum absolute atomic E-state index is 17.5. The summed E-state index contributed by atoms with van der Waals surface area (Å²) in [6, 6.07) is 2.27. The summed E-state index contributed by atoms with van der Waals surface area (Å²) in [5, 5.41) is 165. The summed E-state index contributed by atoms with van der Waals surface area (Å²) in [7, 11) is 0. The molecular formula is C68H54F16N4O23S. The Labute approximate surface area is 616 Å². The standard InChI is InChI=1S/C68H54F16N4O23S/c69-33-29(34(70)42(78)61(41(33)77)109-65-57(101)53(97)49(93)21(9-89)105-65)25-13-1-3-15(85-13)26(30-35(71)43(79)62(44(80)36(30)72)110-66-58(102)54(98)50(94)22(10-90)106-66)17-5-7-19(87-17)28(32-39(75)47(83)64(48(84)40(32)76)112-68-60(104)56(100)52(96)24(12-92)108-68)20-8-6-18(88-20)27(16-4-2-14(25)86-16)31-37(73)45(81)63(46(82)38(31)74)111-67-59(103)55(99)51(95)23(11-91)107-67/h1-8,21-24,49-60,65-68,85,88-104H,9-12H2. The van der Waals surface area contributed by atoms with E-state index in [0.717, 1.165) is 0 Å². The zero-order valence-corrected chi connectivity index (χ0v) is 56.2. The number of fused-ring (bicyclic) bond motifs is 8. The van der Waals surface area contributed by atoms with Crippen molar-refractivity contribution in [2.75, 3.05) is 26.4 Å². The van der Waals surface area contributed by atoms with Gasteiger partial charge in [0, 0.05) is 44.3 Å². The Morgan fingerprint density at radius 3 is 0.750 bits per heavy atom. The molecule has 9 heterocycles. The van der Waals surface area contributed by atoms with Crippen molar-refractivity contribution in [1.29, 1.82) is 0 Å². The summed E-state index contributed by atoms with van der Waals surface area (Å²) in [4.78, 5) is 11.2. The van der Waals surface area contributed by atoms with E-state index in [4.69, 9.17) is 33.2 Å². The molecule has 0 radical (unpaired) electrons. The number of hydrogen-bond acceptors (Lipinski definition) is 26. The molecule has 0 saturated carbocycles. The first kappa shape index (κ1) is 81.3. The number of aliphatic hydroxyl groups is 16. The number of aliphatic hydroxyl groups excluding tert-OH is 16. The highest BCUT2D eigenvalue weighted by Gasteiger charge is 2.51. The Bertz CT molecular complexity index is 4430. The Morgan fingerprint density at radius 1 is 0.286 bits per heavy atom.